The molecule has 0 aromatic carbocycles. The van der Waals surface area contributed by atoms with E-state index in [9.17, 15) is 9.59 Å². The van der Waals surface area contributed by atoms with E-state index in [1.54, 1.807) is 4.90 Å². The molecule has 0 saturated carbocycles. The lowest BCUT2D eigenvalue weighted by molar-refractivity contribution is 0.0203. The quantitative estimate of drug-likeness (QED) is 0.901. The molecule has 2 rings (SSSR count). The van der Waals surface area contributed by atoms with Gasteiger partial charge in [0, 0.05) is 25.2 Å². The molecular weight excluding hydrogens is 286 g/mol. The van der Waals surface area contributed by atoms with Crippen LogP contribution in [0.4, 0.5) is 4.79 Å². The summed E-state index contributed by atoms with van der Waals surface area (Å²) in [5.41, 5.74) is 0.218. The first kappa shape index (κ1) is 16.2. The third-order valence-electron chi connectivity index (χ3n) is 3.46. The molecule has 0 unspecified atom stereocenters. The van der Waals surface area contributed by atoms with Gasteiger partial charge < -0.3 is 14.7 Å². The Balaban J connectivity index is 1.91. The maximum atomic E-state index is 12.0. The minimum Gasteiger partial charge on any atom is -0.476 e. The van der Waals surface area contributed by atoms with Gasteiger partial charge in [-0.1, -0.05) is 0 Å². The average molecular weight is 307 g/mol. The van der Waals surface area contributed by atoms with Crippen molar-refractivity contribution in [3.05, 3.63) is 23.8 Å². The van der Waals surface area contributed by atoms with Crippen LogP contribution < -0.4 is 0 Å². The van der Waals surface area contributed by atoms with E-state index in [0.717, 1.165) is 18.5 Å². The highest BCUT2D eigenvalue weighted by molar-refractivity contribution is 5.84. The van der Waals surface area contributed by atoms with Crippen molar-refractivity contribution in [3.8, 4) is 0 Å². The molecule has 0 atom stereocenters. The standard InChI is InChI=1S/C15H21N3O4/c1-15(2,3)22-14(21)18-6-4-10(5-7-18)11-8-17-12(9-16-11)13(19)20/h8-10H,4-7H2,1-3H3,(H,19,20). The van der Waals surface area contributed by atoms with Gasteiger partial charge in [-0.15, -0.1) is 0 Å². The van der Waals surface area contributed by atoms with Crippen molar-refractivity contribution in [2.24, 2.45) is 0 Å². The molecule has 1 fully saturated rings. The summed E-state index contributed by atoms with van der Waals surface area (Å²) in [5.74, 6) is -0.896. The first-order valence-corrected chi connectivity index (χ1v) is 7.29. The van der Waals surface area contributed by atoms with Gasteiger partial charge in [0.25, 0.3) is 0 Å². The second-order valence-electron chi connectivity index (χ2n) is 6.37. The smallest absolute Gasteiger partial charge is 0.410 e. The minimum absolute atomic E-state index is 0.0602. The molecule has 120 valence electrons. The highest BCUT2D eigenvalue weighted by Crippen LogP contribution is 2.27. The lowest BCUT2D eigenvalue weighted by Crippen LogP contribution is -2.41. The van der Waals surface area contributed by atoms with Crippen molar-refractivity contribution < 1.29 is 19.4 Å². The van der Waals surface area contributed by atoms with Gasteiger partial charge >= 0.3 is 12.1 Å². The lowest BCUT2D eigenvalue weighted by Gasteiger charge is -2.33. The summed E-state index contributed by atoms with van der Waals surface area (Å²) in [6.45, 7) is 6.73. The van der Waals surface area contributed by atoms with Crippen LogP contribution >= 0.6 is 0 Å². The van der Waals surface area contributed by atoms with Crippen LogP contribution in [0.3, 0.4) is 0 Å². The summed E-state index contributed by atoms with van der Waals surface area (Å²) in [5, 5.41) is 8.81. The number of hydrogen-bond acceptors (Lipinski definition) is 5. The number of rotatable bonds is 2. The largest absolute Gasteiger partial charge is 0.476 e. The molecule has 1 amide bonds. The highest BCUT2D eigenvalue weighted by atomic mass is 16.6. The Morgan fingerprint density at radius 3 is 2.32 bits per heavy atom. The van der Waals surface area contributed by atoms with E-state index in [1.807, 2.05) is 20.8 Å². The number of hydrogen-bond donors (Lipinski definition) is 1. The maximum Gasteiger partial charge on any atom is 0.410 e. The first-order valence-electron chi connectivity index (χ1n) is 7.29. The van der Waals surface area contributed by atoms with Gasteiger partial charge in [-0.3, -0.25) is 4.98 Å². The molecule has 1 aliphatic rings. The molecule has 0 spiro atoms. The number of amides is 1. The Bertz CT molecular complexity index is 543. The van der Waals surface area contributed by atoms with Crippen LogP contribution in [0, 0.1) is 0 Å². The Kier molecular flexibility index (Phi) is 4.63. The Hall–Kier alpha value is -2.18. The molecule has 22 heavy (non-hydrogen) atoms. The third-order valence-corrected chi connectivity index (χ3v) is 3.46. The van der Waals surface area contributed by atoms with Gasteiger partial charge in [-0.05, 0) is 33.6 Å². The van der Waals surface area contributed by atoms with Crippen LogP contribution in [-0.2, 0) is 4.74 Å². The van der Waals surface area contributed by atoms with Crippen molar-refractivity contribution in [1.82, 2.24) is 14.9 Å². The zero-order valence-corrected chi connectivity index (χ0v) is 13.1. The summed E-state index contributed by atoms with van der Waals surface area (Å²) in [4.78, 5) is 32.5. The molecule has 0 radical (unpaired) electrons. The third kappa shape index (κ3) is 4.16. The number of aromatic nitrogens is 2. The number of aromatic carboxylic acids is 1. The SMILES string of the molecule is CC(C)(C)OC(=O)N1CCC(c2cnc(C(=O)O)cn2)CC1. The number of ether oxygens (including phenoxy) is 1. The van der Waals surface area contributed by atoms with E-state index in [2.05, 4.69) is 9.97 Å². The second kappa shape index (κ2) is 6.29. The predicted octanol–water partition coefficient (Wildman–Crippen LogP) is 2.29. The summed E-state index contributed by atoms with van der Waals surface area (Å²) in [6, 6.07) is 0. The van der Waals surface area contributed by atoms with Gasteiger partial charge in [0.05, 0.1) is 11.9 Å². The van der Waals surface area contributed by atoms with E-state index in [1.165, 1.54) is 12.4 Å². The van der Waals surface area contributed by atoms with Crippen LogP contribution in [0.5, 0.6) is 0 Å². The molecule has 0 bridgehead atoms. The van der Waals surface area contributed by atoms with E-state index in [0.29, 0.717) is 13.1 Å². The van der Waals surface area contributed by atoms with Crippen molar-refractivity contribution in [1.29, 1.82) is 0 Å². The van der Waals surface area contributed by atoms with E-state index < -0.39 is 11.6 Å². The van der Waals surface area contributed by atoms with Crippen LogP contribution in [0.2, 0.25) is 0 Å². The number of carbonyl (C=O) groups excluding carboxylic acids is 1. The van der Waals surface area contributed by atoms with E-state index in [-0.39, 0.29) is 17.7 Å². The minimum atomic E-state index is -1.08. The predicted molar refractivity (Wildman–Crippen MR) is 78.8 cm³/mol. The second-order valence-corrected chi connectivity index (χ2v) is 6.37. The fraction of sp³-hybridized carbons (Fsp3) is 0.600. The van der Waals surface area contributed by atoms with E-state index in [4.69, 9.17) is 9.84 Å². The normalized spacial score (nSPS) is 16.4. The first-order chi connectivity index (χ1) is 10.3. The van der Waals surface area contributed by atoms with Gasteiger partial charge in [-0.2, -0.15) is 0 Å². The fourth-order valence-electron chi connectivity index (χ4n) is 2.34. The number of carboxylic acids is 1. The number of piperidine rings is 1. The average Bonchev–Trinajstić information content (AvgIpc) is 2.46. The number of nitrogens with zero attached hydrogens (tertiary/aromatic N) is 3. The highest BCUT2D eigenvalue weighted by Gasteiger charge is 2.28. The van der Waals surface area contributed by atoms with Crippen molar-refractivity contribution in [2.45, 2.75) is 45.1 Å². The van der Waals surface area contributed by atoms with Gasteiger partial charge in [0.1, 0.15) is 5.60 Å². The van der Waals surface area contributed by atoms with Gasteiger partial charge in [0.2, 0.25) is 0 Å². The number of carbonyl (C=O) groups is 2. The molecule has 1 saturated heterocycles. The maximum absolute atomic E-state index is 12.0. The van der Waals surface area contributed by atoms with Crippen LogP contribution in [0.15, 0.2) is 12.4 Å². The Labute approximate surface area is 129 Å². The van der Waals surface area contributed by atoms with Crippen LogP contribution in [-0.4, -0.2) is 50.7 Å². The zero-order valence-electron chi connectivity index (χ0n) is 13.1. The molecule has 2 heterocycles. The molecule has 7 nitrogen and oxygen atoms in total. The molecule has 1 aromatic rings. The monoisotopic (exact) mass is 307 g/mol. The number of carboxylic acid groups (broad SMARTS) is 1. The molecule has 1 aromatic heterocycles. The van der Waals surface area contributed by atoms with E-state index >= 15 is 0 Å². The zero-order chi connectivity index (χ0) is 16.3. The Morgan fingerprint density at radius 1 is 1.23 bits per heavy atom. The molecule has 7 heteroatoms. The van der Waals surface area contributed by atoms with Gasteiger partial charge in [-0.25, -0.2) is 14.6 Å². The molecular formula is C15H21N3O4. The fourth-order valence-corrected chi connectivity index (χ4v) is 2.34. The summed E-state index contributed by atoms with van der Waals surface area (Å²) in [7, 11) is 0. The summed E-state index contributed by atoms with van der Waals surface area (Å²) in [6.07, 6.45) is 4.02. The molecule has 1 aliphatic heterocycles. The van der Waals surface area contributed by atoms with Crippen LogP contribution in [0.25, 0.3) is 0 Å². The Morgan fingerprint density at radius 2 is 1.86 bits per heavy atom. The number of likely N-dealkylation sites (tertiary alicyclic amines) is 1. The van der Waals surface area contributed by atoms with Gasteiger partial charge in [0.15, 0.2) is 5.69 Å². The van der Waals surface area contributed by atoms with Crippen LogP contribution in [0.1, 0.15) is 55.7 Å². The van der Waals surface area contributed by atoms with Crippen molar-refractivity contribution >= 4 is 12.1 Å². The topological polar surface area (TPSA) is 92.6 Å². The molecule has 1 N–H and O–H groups in total. The summed E-state index contributed by atoms with van der Waals surface area (Å²) >= 11 is 0. The van der Waals surface area contributed by atoms with Crippen molar-refractivity contribution in [2.75, 3.05) is 13.1 Å². The lowest BCUT2D eigenvalue weighted by atomic mass is 9.94. The molecule has 0 aliphatic carbocycles. The summed E-state index contributed by atoms with van der Waals surface area (Å²) < 4.78 is 5.35. The van der Waals surface area contributed by atoms with Crippen molar-refractivity contribution in [3.63, 3.8) is 0 Å².